The van der Waals surface area contributed by atoms with E-state index >= 15 is 0 Å². The first kappa shape index (κ1) is 11.3. The molecule has 0 aliphatic carbocycles. The summed E-state index contributed by atoms with van der Waals surface area (Å²) in [5.41, 5.74) is 5.29. The van der Waals surface area contributed by atoms with Crippen LogP contribution < -0.4 is 11.1 Å². The van der Waals surface area contributed by atoms with E-state index < -0.39 is 0 Å². The van der Waals surface area contributed by atoms with Crippen molar-refractivity contribution in [3.63, 3.8) is 0 Å². The maximum Gasteiger partial charge on any atom is 0.315 e. The molecule has 0 aromatic carbocycles. The number of hydrogen-bond donors (Lipinski definition) is 2. The second-order valence-corrected chi connectivity index (χ2v) is 4.30. The van der Waals surface area contributed by atoms with Crippen molar-refractivity contribution in [2.45, 2.75) is 31.8 Å². The number of hydrogen-bond acceptors (Lipinski definition) is 6. The van der Waals surface area contributed by atoms with E-state index in [1.165, 1.54) is 0 Å². The van der Waals surface area contributed by atoms with Crippen LogP contribution in [0.5, 0.6) is 0 Å². The largest absolute Gasteiger partial charge is 0.408 e. The van der Waals surface area contributed by atoms with Crippen LogP contribution in [0.15, 0.2) is 4.42 Å². The summed E-state index contributed by atoms with van der Waals surface area (Å²) in [4.78, 5) is 0. The summed E-state index contributed by atoms with van der Waals surface area (Å²) in [6.07, 6.45) is 2.78. The minimum absolute atomic E-state index is 0.109. The predicted octanol–water partition coefficient (Wildman–Crippen LogP) is 0.552. The average Bonchev–Trinajstić information content (AvgIpc) is 2.86. The molecule has 6 heteroatoms. The fraction of sp³-hybridized carbons (Fsp3) is 0.800. The Kier molecular flexibility index (Phi) is 3.40. The summed E-state index contributed by atoms with van der Waals surface area (Å²) in [6.45, 7) is 4.13. The molecule has 2 heterocycles. The highest BCUT2D eigenvalue weighted by atomic mass is 16.5. The molecule has 1 aliphatic heterocycles. The summed E-state index contributed by atoms with van der Waals surface area (Å²) in [7, 11) is 0. The minimum atomic E-state index is -0.109. The summed E-state index contributed by atoms with van der Waals surface area (Å²) in [6, 6.07) is 0.445. The molecule has 2 rings (SSSR count). The molecule has 0 amide bonds. The van der Waals surface area contributed by atoms with Gasteiger partial charge in [0.1, 0.15) is 0 Å². The van der Waals surface area contributed by atoms with Crippen LogP contribution in [0.3, 0.4) is 0 Å². The van der Waals surface area contributed by atoms with Gasteiger partial charge in [0.15, 0.2) is 0 Å². The molecule has 1 aromatic heterocycles. The lowest BCUT2D eigenvalue weighted by Crippen LogP contribution is -2.32. The Hall–Kier alpha value is -1.14. The molecule has 1 atom stereocenters. The van der Waals surface area contributed by atoms with Gasteiger partial charge < -0.3 is 20.2 Å². The van der Waals surface area contributed by atoms with Crippen molar-refractivity contribution in [1.82, 2.24) is 10.2 Å². The lowest BCUT2D eigenvalue weighted by atomic mass is 10.0. The lowest BCUT2D eigenvalue weighted by molar-refractivity contribution is 0.0311. The number of ether oxygens (including phenoxy) is 1. The van der Waals surface area contributed by atoms with E-state index in [1.807, 2.05) is 0 Å². The Balaban J connectivity index is 1.84. The number of nitrogens with zero attached hydrogens (tertiary/aromatic N) is 2. The van der Waals surface area contributed by atoms with Crippen molar-refractivity contribution in [3.05, 3.63) is 5.89 Å². The summed E-state index contributed by atoms with van der Waals surface area (Å²) in [5.74, 6) is 0.572. The Morgan fingerprint density at radius 3 is 3.06 bits per heavy atom. The molecule has 6 nitrogen and oxygen atoms in total. The Bertz CT molecular complexity index is 333. The zero-order valence-electron chi connectivity index (χ0n) is 9.53. The molecule has 1 aromatic rings. The molecule has 1 aliphatic rings. The molecule has 1 saturated heterocycles. The van der Waals surface area contributed by atoms with Crippen molar-refractivity contribution in [2.24, 2.45) is 5.73 Å². The second kappa shape index (κ2) is 4.80. The third kappa shape index (κ3) is 2.70. The van der Waals surface area contributed by atoms with Crippen molar-refractivity contribution in [2.75, 3.05) is 25.0 Å². The normalized spacial score (nSPS) is 24.9. The van der Waals surface area contributed by atoms with Gasteiger partial charge in [-0.25, -0.2) is 0 Å². The molecule has 0 spiro atoms. The second-order valence-electron chi connectivity index (χ2n) is 4.30. The van der Waals surface area contributed by atoms with E-state index in [0.29, 0.717) is 31.4 Å². The van der Waals surface area contributed by atoms with Gasteiger partial charge in [-0.05, 0) is 19.8 Å². The van der Waals surface area contributed by atoms with E-state index in [1.54, 1.807) is 0 Å². The highest BCUT2D eigenvalue weighted by Gasteiger charge is 2.29. The highest BCUT2D eigenvalue weighted by Crippen LogP contribution is 2.25. The van der Waals surface area contributed by atoms with Gasteiger partial charge in [0.2, 0.25) is 5.89 Å². The van der Waals surface area contributed by atoms with Gasteiger partial charge in [-0.3, -0.25) is 0 Å². The van der Waals surface area contributed by atoms with E-state index in [0.717, 1.165) is 19.4 Å². The maximum atomic E-state index is 5.64. The minimum Gasteiger partial charge on any atom is -0.408 e. The van der Waals surface area contributed by atoms with Gasteiger partial charge in [-0.15, -0.1) is 5.10 Å². The number of rotatable bonds is 5. The first-order chi connectivity index (χ1) is 7.72. The monoisotopic (exact) mass is 226 g/mol. The number of nitrogens with one attached hydrogen (secondary N) is 1. The molecule has 1 unspecified atom stereocenters. The van der Waals surface area contributed by atoms with E-state index in [9.17, 15) is 0 Å². The van der Waals surface area contributed by atoms with Crippen LogP contribution in [0.1, 0.15) is 25.7 Å². The molecule has 0 bridgehead atoms. The van der Waals surface area contributed by atoms with Gasteiger partial charge >= 0.3 is 6.01 Å². The molecule has 16 heavy (non-hydrogen) atoms. The Labute approximate surface area is 94.6 Å². The van der Waals surface area contributed by atoms with Crippen LogP contribution in [0.2, 0.25) is 0 Å². The van der Waals surface area contributed by atoms with Crippen LogP contribution in [0, 0.1) is 0 Å². The maximum absolute atomic E-state index is 5.64. The summed E-state index contributed by atoms with van der Waals surface area (Å²) < 4.78 is 11.0. The van der Waals surface area contributed by atoms with Crippen LogP contribution in [0.25, 0.3) is 0 Å². The molecule has 0 radical (unpaired) electrons. The van der Waals surface area contributed by atoms with Crippen LogP contribution in [-0.2, 0) is 11.2 Å². The van der Waals surface area contributed by atoms with Gasteiger partial charge in [0.05, 0.1) is 5.60 Å². The Morgan fingerprint density at radius 2 is 2.38 bits per heavy atom. The number of anilines is 1. The van der Waals surface area contributed by atoms with Crippen molar-refractivity contribution < 1.29 is 9.15 Å². The predicted molar refractivity (Wildman–Crippen MR) is 59.1 cm³/mol. The fourth-order valence-electron chi connectivity index (χ4n) is 1.79. The molecule has 90 valence electrons. The fourth-order valence-corrected chi connectivity index (χ4v) is 1.79. The zero-order valence-corrected chi connectivity index (χ0v) is 9.53. The van der Waals surface area contributed by atoms with Crippen LogP contribution in [0.4, 0.5) is 6.01 Å². The topological polar surface area (TPSA) is 86.2 Å². The summed E-state index contributed by atoms with van der Waals surface area (Å²) >= 11 is 0. The molecular formula is C10H18N4O2. The molecule has 1 fully saturated rings. The van der Waals surface area contributed by atoms with E-state index in [2.05, 4.69) is 22.4 Å². The standard InChI is InChI=1S/C10H18N4O2/c1-10(4-2-6-15-10)7-12-9-14-13-8(16-9)3-5-11/h2-7,11H2,1H3,(H,12,14). The van der Waals surface area contributed by atoms with Crippen molar-refractivity contribution in [1.29, 1.82) is 0 Å². The third-order valence-electron chi connectivity index (χ3n) is 2.74. The van der Waals surface area contributed by atoms with Gasteiger partial charge in [-0.2, -0.15) is 0 Å². The van der Waals surface area contributed by atoms with Gasteiger partial charge in [0, 0.05) is 26.1 Å². The molecular weight excluding hydrogens is 208 g/mol. The quantitative estimate of drug-likeness (QED) is 0.762. The third-order valence-corrected chi connectivity index (χ3v) is 2.74. The molecule has 3 N–H and O–H groups in total. The highest BCUT2D eigenvalue weighted by molar-refractivity contribution is 5.18. The summed E-state index contributed by atoms with van der Waals surface area (Å²) in [5, 5.41) is 10.9. The number of nitrogens with two attached hydrogens (primary N) is 1. The lowest BCUT2D eigenvalue weighted by Gasteiger charge is -2.22. The first-order valence-corrected chi connectivity index (χ1v) is 5.62. The van der Waals surface area contributed by atoms with E-state index in [-0.39, 0.29) is 5.60 Å². The van der Waals surface area contributed by atoms with Crippen molar-refractivity contribution in [3.8, 4) is 0 Å². The average molecular weight is 226 g/mol. The zero-order chi connectivity index (χ0) is 11.4. The smallest absolute Gasteiger partial charge is 0.315 e. The van der Waals surface area contributed by atoms with Crippen molar-refractivity contribution >= 4 is 6.01 Å². The van der Waals surface area contributed by atoms with Gasteiger partial charge in [0.25, 0.3) is 0 Å². The van der Waals surface area contributed by atoms with E-state index in [4.69, 9.17) is 14.9 Å². The van der Waals surface area contributed by atoms with Gasteiger partial charge in [-0.1, -0.05) is 5.10 Å². The number of aromatic nitrogens is 2. The first-order valence-electron chi connectivity index (χ1n) is 5.62. The SMILES string of the molecule is CC1(CNc2nnc(CCN)o2)CCCO1. The van der Waals surface area contributed by atoms with Crippen LogP contribution >= 0.6 is 0 Å². The van der Waals surface area contributed by atoms with Crippen LogP contribution in [-0.4, -0.2) is 35.5 Å². The molecule has 0 saturated carbocycles. The Morgan fingerprint density at radius 1 is 1.50 bits per heavy atom.